The summed E-state index contributed by atoms with van der Waals surface area (Å²) in [5.41, 5.74) is 0.345. The summed E-state index contributed by atoms with van der Waals surface area (Å²) in [5.74, 6) is 0.576. The number of rotatable bonds is 5. The molecule has 0 amide bonds. The Balaban J connectivity index is 1.61. The van der Waals surface area contributed by atoms with Gasteiger partial charge in [-0.3, -0.25) is 9.59 Å². The summed E-state index contributed by atoms with van der Waals surface area (Å²) in [6, 6.07) is 11.9. The number of hydrogen-bond donors (Lipinski definition) is 0. The standard InChI is InChI=1S/C22H19FN2O5/c1-28-15-4-5-16(17(23)12-15)18-6-8-22(27)25(24-18)13-19(26)14-3-7-20-21(11-14)30-10-2-9-29-20/h3-8,11-12H,2,9-10,13H2,1H3. The molecule has 0 saturated heterocycles. The molecule has 8 heteroatoms. The third-order valence-electron chi connectivity index (χ3n) is 4.68. The van der Waals surface area contributed by atoms with Gasteiger partial charge in [0.2, 0.25) is 0 Å². The first-order valence-corrected chi connectivity index (χ1v) is 9.40. The van der Waals surface area contributed by atoms with E-state index in [0.717, 1.165) is 11.1 Å². The van der Waals surface area contributed by atoms with Crippen molar-refractivity contribution in [2.24, 2.45) is 0 Å². The van der Waals surface area contributed by atoms with Gasteiger partial charge in [0, 0.05) is 29.7 Å². The lowest BCUT2D eigenvalue weighted by atomic mass is 10.1. The molecule has 0 unspecified atom stereocenters. The van der Waals surface area contributed by atoms with Gasteiger partial charge in [0.25, 0.3) is 5.56 Å². The first-order valence-electron chi connectivity index (χ1n) is 9.40. The van der Waals surface area contributed by atoms with Crippen LogP contribution in [0.25, 0.3) is 11.3 Å². The molecule has 7 nitrogen and oxygen atoms in total. The van der Waals surface area contributed by atoms with Gasteiger partial charge in [-0.1, -0.05) is 0 Å². The fourth-order valence-electron chi connectivity index (χ4n) is 3.10. The van der Waals surface area contributed by atoms with Crippen LogP contribution in [0, 0.1) is 5.82 Å². The van der Waals surface area contributed by atoms with Crippen molar-refractivity contribution in [3.8, 4) is 28.5 Å². The maximum Gasteiger partial charge on any atom is 0.267 e. The SMILES string of the molecule is COc1ccc(-c2ccc(=O)n(CC(=O)c3ccc4c(c3)OCCCO4)n2)c(F)c1. The number of aromatic nitrogens is 2. The molecular weight excluding hydrogens is 391 g/mol. The van der Waals surface area contributed by atoms with Gasteiger partial charge in [-0.2, -0.15) is 5.10 Å². The van der Waals surface area contributed by atoms with Gasteiger partial charge in [0.1, 0.15) is 18.1 Å². The van der Waals surface area contributed by atoms with Crippen LogP contribution in [-0.2, 0) is 6.54 Å². The molecular formula is C22H19FN2O5. The summed E-state index contributed by atoms with van der Waals surface area (Å²) < 4.78 is 31.6. The highest BCUT2D eigenvalue weighted by Gasteiger charge is 2.16. The number of halogens is 1. The Morgan fingerprint density at radius 3 is 2.67 bits per heavy atom. The lowest BCUT2D eigenvalue weighted by Gasteiger charge is -2.10. The van der Waals surface area contributed by atoms with Crippen molar-refractivity contribution in [3.63, 3.8) is 0 Å². The lowest BCUT2D eigenvalue weighted by Crippen LogP contribution is -2.26. The average Bonchev–Trinajstić information content (AvgIpc) is 3.00. The normalized spacial score (nSPS) is 12.9. The topological polar surface area (TPSA) is 79.7 Å². The zero-order valence-electron chi connectivity index (χ0n) is 16.3. The van der Waals surface area contributed by atoms with Crippen molar-refractivity contribution in [1.29, 1.82) is 0 Å². The molecule has 0 spiro atoms. The Morgan fingerprint density at radius 1 is 1.10 bits per heavy atom. The van der Waals surface area contributed by atoms with E-state index >= 15 is 0 Å². The number of Topliss-reactive ketones (excluding diaryl/α,β-unsaturated/α-hetero) is 1. The molecule has 1 aliphatic rings. The minimum atomic E-state index is -0.540. The predicted octanol–water partition coefficient (Wildman–Crippen LogP) is 3.10. The number of ether oxygens (including phenoxy) is 3. The third kappa shape index (κ3) is 4.03. The number of benzene rings is 2. The van der Waals surface area contributed by atoms with Crippen LogP contribution in [0.5, 0.6) is 17.2 Å². The maximum atomic E-state index is 14.4. The molecule has 1 aliphatic heterocycles. The molecule has 4 rings (SSSR count). The molecule has 0 saturated carbocycles. The largest absolute Gasteiger partial charge is 0.497 e. The summed E-state index contributed by atoms with van der Waals surface area (Å²) in [5, 5.41) is 4.17. The lowest BCUT2D eigenvalue weighted by molar-refractivity contribution is 0.0965. The second-order valence-corrected chi connectivity index (χ2v) is 6.70. The van der Waals surface area contributed by atoms with Crippen LogP contribution < -0.4 is 19.8 Å². The molecule has 0 atom stereocenters. The monoisotopic (exact) mass is 410 g/mol. The molecule has 154 valence electrons. The minimum Gasteiger partial charge on any atom is -0.497 e. The fraction of sp³-hybridized carbons (Fsp3) is 0.227. The summed E-state index contributed by atoms with van der Waals surface area (Å²) in [4.78, 5) is 25.0. The highest BCUT2D eigenvalue weighted by atomic mass is 19.1. The Morgan fingerprint density at radius 2 is 1.90 bits per heavy atom. The number of hydrogen-bond acceptors (Lipinski definition) is 6. The van der Waals surface area contributed by atoms with Gasteiger partial charge < -0.3 is 14.2 Å². The Labute approximate surface area is 171 Å². The highest BCUT2D eigenvalue weighted by molar-refractivity contribution is 5.96. The van der Waals surface area contributed by atoms with Gasteiger partial charge >= 0.3 is 0 Å². The smallest absolute Gasteiger partial charge is 0.267 e. The Kier molecular flexibility index (Phi) is 5.47. The number of nitrogens with zero attached hydrogens (tertiary/aromatic N) is 2. The molecule has 0 aliphatic carbocycles. The van der Waals surface area contributed by atoms with Crippen molar-refractivity contribution in [3.05, 3.63) is 70.3 Å². The van der Waals surface area contributed by atoms with Gasteiger partial charge in [-0.15, -0.1) is 0 Å². The maximum absolute atomic E-state index is 14.4. The zero-order valence-corrected chi connectivity index (χ0v) is 16.3. The van der Waals surface area contributed by atoms with E-state index < -0.39 is 11.4 Å². The van der Waals surface area contributed by atoms with Crippen LogP contribution in [-0.4, -0.2) is 35.9 Å². The Hall–Kier alpha value is -3.68. The van der Waals surface area contributed by atoms with Gasteiger partial charge in [-0.25, -0.2) is 9.07 Å². The van der Waals surface area contributed by atoms with Crippen LogP contribution >= 0.6 is 0 Å². The van der Waals surface area contributed by atoms with Crippen molar-refractivity contribution in [2.75, 3.05) is 20.3 Å². The highest BCUT2D eigenvalue weighted by Crippen LogP contribution is 2.30. The molecule has 0 N–H and O–H groups in total. The summed E-state index contributed by atoms with van der Waals surface area (Å²) in [7, 11) is 1.44. The van der Waals surface area contributed by atoms with Crippen molar-refractivity contribution in [1.82, 2.24) is 9.78 Å². The number of fused-ring (bicyclic) bond motifs is 1. The van der Waals surface area contributed by atoms with E-state index in [1.165, 1.54) is 31.4 Å². The zero-order chi connectivity index (χ0) is 21.1. The summed E-state index contributed by atoms with van der Waals surface area (Å²) in [6.45, 7) is 0.763. The van der Waals surface area contributed by atoms with E-state index in [1.54, 1.807) is 24.3 Å². The van der Waals surface area contributed by atoms with Crippen LogP contribution in [0.3, 0.4) is 0 Å². The van der Waals surface area contributed by atoms with E-state index in [2.05, 4.69) is 5.10 Å². The van der Waals surface area contributed by atoms with E-state index in [9.17, 15) is 14.0 Å². The van der Waals surface area contributed by atoms with Crippen LogP contribution in [0.2, 0.25) is 0 Å². The predicted molar refractivity (Wildman–Crippen MR) is 107 cm³/mol. The first kappa shape index (κ1) is 19.6. The van der Waals surface area contributed by atoms with Crippen molar-refractivity contribution >= 4 is 5.78 Å². The third-order valence-corrected chi connectivity index (χ3v) is 4.68. The van der Waals surface area contributed by atoms with E-state index in [-0.39, 0.29) is 23.6 Å². The molecule has 0 bridgehead atoms. The molecule has 30 heavy (non-hydrogen) atoms. The summed E-state index contributed by atoms with van der Waals surface area (Å²) >= 11 is 0. The molecule has 0 fully saturated rings. The first-order chi connectivity index (χ1) is 14.5. The van der Waals surface area contributed by atoms with Gasteiger partial charge in [0.05, 0.1) is 26.0 Å². The van der Waals surface area contributed by atoms with E-state index in [1.807, 2.05) is 0 Å². The second kappa shape index (κ2) is 8.36. The summed E-state index contributed by atoms with van der Waals surface area (Å²) in [6.07, 6.45) is 0.756. The number of ketones is 1. The van der Waals surface area contributed by atoms with Gasteiger partial charge in [-0.05, 0) is 36.4 Å². The average molecular weight is 410 g/mol. The minimum absolute atomic E-state index is 0.201. The van der Waals surface area contributed by atoms with Crippen LogP contribution in [0.15, 0.2) is 53.3 Å². The molecule has 2 aromatic carbocycles. The van der Waals surface area contributed by atoms with Crippen molar-refractivity contribution < 1.29 is 23.4 Å². The molecule has 2 heterocycles. The number of methoxy groups -OCH3 is 1. The Bertz CT molecular complexity index is 1160. The fourth-order valence-corrected chi connectivity index (χ4v) is 3.10. The van der Waals surface area contributed by atoms with Gasteiger partial charge in [0.15, 0.2) is 17.3 Å². The van der Waals surface area contributed by atoms with Crippen LogP contribution in [0.4, 0.5) is 4.39 Å². The molecule has 3 aromatic rings. The molecule has 0 radical (unpaired) electrons. The number of carbonyl (C=O) groups excluding carboxylic acids is 1. The van der Waals surface area contributed by atoms with E-state index in [0.29, 0.717) is 36.0 Å². The molecule has 1 aromatic heterocycles. The van der Waals surface area contributed by atoms with Crippen molar-refractivity contribution in [2.45, 2.75) is 13.0 Å². The number of carbonyl (C=O) groups is 1. The van der Waals surface area contributed by atoms with E-state index in [4.69, 9.17) is 14.2 Å². The quantitative estimate of drug-likeness (QED) is 0.602. The second-order valence-electron chi connectivity index (χ2n) is 6.70. The van der Waals surface area contributed by atoms with Crippen LogP contribution in [0.1, 0.15) is 16.8 Å².